The molecule has 2 nitrogen and oxygen atoms in total. The molecule has 0 N–H and O–H groups in total. The molecular weight excluding hydrogens is 424 g/mol. The van der Waals surface area contributed by atoms with Crippen LogP contribution in [0.3, 0.4) is 0 Å². The number of aliphatic imine (C=N–C) groups is 2. The van der Waals surface area contributed by atoms with Gasteiger partial charge in [0.2, 0.25) is 0 Å². The summed E-state index contributed by atoms with van der Waals surface area (Å²) in [7, 11) is 0. The quantitative estimate of drug-likeness (QED) is 0.159. The maximum absolute atomic E-state index is 5.20. The van der Waals surface area contributed by atoms with Crippen molar-refractivity contribution >= 4 is 22.8 Å². The van der Waals surface area contributed by atoms with E-state index in [0.717, 1.165) is 80.6 Å². The lowest BCUT2D eigenvalue weighted by molar-refractivity contribution is 0.838. The maximum atomic E-state index is 5.20. The van der Waals surface area contributed by atoms with Crippen molar-refractivity contribution in [3.05, 3.63) is 84.0 Å². The summed E-state index contributed by atoms with van der Waals surface area (Å²) in [6.07, 6.45) is 17.6. The van der Waals surface area contributed by atoms with E-state index < -0.39 is 0 Å². The molecule has 184 valence electrons. The third kappa shape index (κ3) is 10.3. The van der Waals surface area contributed by atoms with Gasteiger partial charge in [-0.2, -0.15) is 0 Å². The molecule has 2 aromatic rings. The van der Waals surface area contributed by atoms with E-state index in [2.05, 4.69) is 112 Å². The fourth-order valence-corrected chi connectivity index (χ4v) is 3.75. The lowest BCUT2D eigenvalue weighted by Crippen LogP contribution is -2.13. The molecule has 0 radical (unpaired) electrons. The Bertz CT molecular complexity index is 1070. The number of benzene rings is 2. The Hall–Kier alpha value is -3.18. The van der Waals surface area contributed by atoms with Crippen molar-refractivity contribution < 1.29 is 0 Å². The second-order valence-electron chi connectivity index (χ2n) is 8.65. The number of allylic oxidation sites excluding steroid dienone is 4. The summed E-state index contributed by atoms with van der Waals surface area (Å²) >= 11 is 0. The smallest absolute Gasteiger partial charge is 0.135 e. The van der Waals surface area contributed by atoms with Crippen molar-refractivity contribution in [2.75, 3.05) is 0 Å². The van der Waals surface area contributed by atoms with Crippen LogP contribution in [0.2, 0.25) is 0 Å². The molecule has 0 aliphatic rings. The van der Waals surface area contributed by atoms with Gasteiger partial charge in [0.1, 0.15) is 5.71 Å². The minimum absolute atomic E-state index is 0.814. The molecule has 0 saturated carbocycles. The summed E-state index contributed by atoms with van der Waals surface area (Å²) in [5.74, 6) is 6.75. The van der Waals surface area contributed by atoms with Crippen LogP contribution in [0.25, 0.3) is 0 Å². The molecule has 0 bridgehead atoms. The average molecular weight is 467 g/mol. The molecule has 0 spiro atoms. The molecule has 0 heterocycles. The standard InChI is InChI=1S/C33H42N2/c1-5-9-13-20-28-22-16-18-25-30(28)34-32(24-12-8-4)33(27-15-11-7-3)35-31-26-19-17-23-29(31)21-14-10-6-2/h5-6,9-10,16-19,22-23,25-26H,7-8,11-14,20-21,24H2,1-4H3. The highest BCUT2D eigenvalue weighted by molar-refractivity contribution is 6.49. The first kappa shape index (κ1) is 28.1. The number of rotatable bonds is 13. The van der Waals surface area contributed by atoms with Crippen LogP contribution in [-0.2, 0) is 12.8 Å². The number of hydrogen-bond donors (Lipinski definition) is 0. The summed E-state index contributed by atoms with van der Waals surface area (Å²) in [4.78, 5) is 10.3. The molecule has 0 amide bonds. The minimum Gasteiger partial charge on any atom is -0.250 e. The fourth-order valence-electron chi connectivity index (χ4n) is 3.75. The van der Waals surface area contributed by atoms with Crippen molar-refractivity contribution in [2.24, 2.45) is 9.98 Å². The van der Waals surface area contributed by atoms with Gasteiger partial charge in [-0.05, 0) is 88.0 Å². The number of hydrogen-bond acceptors (Lipinski definition) is 2. The van der Waals surface area contributed by atoms with Gasteiger partial charge < -0.3 is 0 Å². The van der Waals surface area contributed by atoms with Gasteiger partial charge in [-0.3, -0.25) is 4.99 Å². The summed E-state index contributed by atoms with van der Waals surface area (Å²) in [6, 6.07) is 16.9. The van der Waals surface area contributed by atoms with Crippen molar-refractivity contribution in [3.63, 3.8) is 0 Å². The first-order valence-electron chi connectivity index (χ1n) is 13.3. The van der Waals surface area contributed by atoms with Gasteiger partial charge in [-0.15, -0.1) is 0 Å². The largest absolute Gasteiger partial charge is 0.250 e. The second kappa shape index (κ2) is 17.3. The summed E-state index contributed by atoms with van der Waals surface area (Å²) in [5, 5.41) is 0. The third-order valence-electron chi connectivity index (χ3n) is 5.73. The molecular formula is C33H42N2. The van der Waals surface area contributed by atoms with Gasteiger partial charge in [0.15, 0.2) is 0 Å². The Morgan fingerprint density at radius 2 is 1.34 bits per heavy atom. The van der Waals surface area contributed by atoms with Crippen molar-refractivity contribution in [2.45, 2.75) is 85.5 Å². The average Bonchev–Trinajstić information content (AvgIpc) is 2.88. The molecule has 2 aromatic carbocycles. The van der Waals surface area contributed by atoms with Crippen molar-refractivity contribution in [3.8, 4) is 11.8 Å². The molecule has 2 rings (SSSR count). The van der Waals surface area contributed by atoms with E-state index in [9.17, 15) is 0 Å². The fraction of sp³-hybridized carbons (Fsp3) is 0.394. The molecule has 0 aliphatic heterocycles. The molecule has 0 aromatic heterocycles. The van der Waals surface area contributed by atoms with Gasteiger partial charge >= 0.3 is 0 Å². The monoisotopic (exact) mass is 466 g/mol. The van der Waals surface area contributed by atoms with E-state index in [1.165, 1.54) is 11.1 Å². The normalized spacial score (nSPS) is 12.3. The predicted molar refractivity (Wildman–Crippen MR) is 156 cm³/mol. The Morgan fingerprint density at radius 3 is 1.89 bits per heavy atom. The van der Waals surface area contributed by atoms with Crippen molar-refractivity contribution in [1.29, 1.82) is 0 Å². The second-order valence-corrected chi connectivity index (χ2v) is 8.65. The molecule has 0 atom stereocenters. The van der Waals surface area contributed by atoms with Gasteiger partial charge in [0.25, 0.3) is 0 Å². The molecule has 0 unspecified atom stereocenters. The molecule has 35 heavy (non-hydrogen) atoms. The predicted octanol–water partition coefficient (Wildman–Crippen LogP) is 9.54. The minimum atomic E-state index is 0.814. The van der Waals surface area contributed by atoms with Crippen LogP contribution in [0.15, 0.2) is 82.8 Å². The Balaban J connectivity index is 2.57. The lowest BCUT2D eigenvalue weighted by Gasteiger charge is -2.10. The van der Waals surface area contributed by atoms with Gasteiger partial charge in [0, 0.05) is 6.42 Å². The zero-order chi connectivity index (χ0) is 25.1. The van der Waals surface area contributed by atoms with Crippen LogP contribution in [-0.4, -0.2) is 11.4 Å². The first-order valence-corrected chi connectivity index (χ1v) is 13.3. The van der Waals surface area contributed by atoms with Gasteiger partial charge in [-0.25, -0.2) is 4.99 Å². The van der Waals surface area contributed by atoms with Crippen LogP contribution in [0.1, 0.15) is 83.8 Å². The molecule has 0 saturated heterocycles. The van der Waals surface area contributed by atoms with E-state index in [-0.39, 0.29) is 0 Å². The van der Waals surface area contributed by atoms with Crippen LogP contribution >= 0.6 is 0 Å². The Morgan fingerprint density at radius 1 is 0.771 bits per heavy atom. The topological polar surface area (TPSA) is 24.7 Å². The van der Waals surface area contributed by atoms with Crippen LogP contribution in [0, 0.1) is 11.8 Å². The highest BCUT2D eigenvalue weighted by Crippen LogP contribution is 2.24. The summed E-state index contributed by atoms with van der Waals surface area (Å²) < 4.78 is 0. The maximum Gasteiger partial charge on any atom is 0.135 e. The van der Waals surface area contributed by atoms with Crippen LogP contribution < -0.4 is 0 Å². The zero-order valence-corrected chi connectivity index (χ0v) is 22.2. The lowest BCUT2D eigenvalue weighted by atomic mass is 10.0. The number of para-hydroxylation sites is 2. The highest BCUT2D eigenvalue weighted by atomic mass is 14.8. The van der Waals surface area contributed by atoms with E-state index in [1.54, 1.807) is 0 Å². The summed E-state index contributed by atoms with van der Waals surface area (Å²) in [5.41, 5.74) is 6.37. The van der Waals surface area contributed by atoms with Gasteiger partial charge in [-0.1, -0.05) is 86.9 Å². The molecule has 0 fully saturated rings. The van der Waals surface area contributed by atoms with Gasteiger partial charge in [0.05, 0.1) is 17.1 Å². The van der Waals surface area contributed by atoms with E-state index in [1.807, 2.05) is 0 Å². The number of nitrogens with zero attached hydrogens (tertiary/aromatic N) is 2. The van der Waals surface area contributed by atoms with E-state index in [4.69, 9.17) is 9.98 Å². The highest BCUT2D eigenvalue weighted by Gasteiger charge is 2.11. The molecule has 2 heteroatoms. The SMILES string of the molecule is CC=CCCc1ccccc1N=C(C#CCCC)C(CCCC)=Nc1ccccc1CCC=CC. The van der Waals surface area contributed by atoms with E-state index >= 15 is 0 Å². The Kier molecular flexibility index (Phi) is 13.9. The zero-order valence-electron chi connectivity index (χ0n) is 22.2. The third-order valence-corrected chi connectivity index (χ3v) is 5.73. The number of aryl methyl sites for hydroxylation is 2. The molecule has 0 aliphatic carbocycles. The Labute approximate surface area is 214 Å². The van der Waals surface area contributed by atoms with E-state index in [0.29, 0.717) is 0 Å². The summed E-state index contributed by atoms with van der Waals surface area (Å²) in [6.45, 7) is 8.52. The number of unbranched alkanes of at least 4 members (excludes halogenated alkanes) is 2. The first-order chi connectivity index (χ1) is 17.2. The van der Waals surface area contributed by atoms with Crippen LogP contribution in [0.5, 0.6) is 0 Å². The van der Waals surface area contributed by atoms with Crippen molar-refractivity contribution in [1.82, 2.24) is 0 Å². The van der Waals surface area contributed by atoms with Crippen LogP contribution in [0.4, 0.5) is 11.4 Å².